The van der Waals surface area contributed by atoms with Crippen LogP contribution in [-0.4, -0.2) is 24.6 Å². The first-order valence-corrected chi connectivity index (χ1v) is 9.30. The first kappa shape index (κ1) is 19.9. The Morgan fingerprint density at radius 3 is 2.43 bits per heavy atom. The summed E-state index contributed by atoms with van der Waals surface area (Å²) in [5.41, 5.74) is 1.36. The van der Waals surface area contributed by atoms with E-state index in [0.717, 1.165) is 15.7 Å². The normalized spacial score (nSPS) is 12.3. The van der Waals surface area contributed by atoms with E-state index in [1.54, 1.807) is 0 Å². The minimum absolute atomic E-state index is 0.0214. The van der Waals surface area contributed by atoms with Crippen LogP contribution in [-0.2, 0) is 25.4 Å². The van der Waals surface area contributed by atoms with E-state index in [9.17, 15) is 14.4 Å². The lowest BCUT2D eigenvalue weighted by molar-refractivity contribution is -0.122. The van der Waals surface area contributed by atoms with Crippen LogP contribution < -0.4 is 16.6 Å². The van der Waals surface area contributed by atoms with E-state index in [2.05, 4.69) is 10.3 Å². The van der Waals surface area contributed by atoms with Gasteiger partial charge in [0, 0.05) is 14.1 Å². The Kier molecular flexibility index (Phi) is 5.42. The second-order valence-corrected chi connectivity index (χ2v) is 7.12. The van der Waals surface area contributed by atoms with Crippen LogP contribution in [0.3, 0.4) is 0 Å². The summed E-state index contributed by atoms with van der Waals surface area (Å²) in [6, 6.07) is 7.79. The molecule has 1 N–H and O–H groups in total. The second kappa shape index (κ2) is 7.63. The first-order chi connectivity index (χ1) is 13.2. The number of halogens is 1. The molecule has 0 spiro atoms. The molecular formula is C19H22ClN5O3. The van der Waals surface area contributed by atoms with Crippen LogP contribution in [0.4, 0.5) is 0 Å². The van der Waals surface area contributed by atoms with Crippen molar-refractivity contribution < 1.29 is 4.79 Å². The number of nitrogens with one attached hydrogen (secondary N) is 1. The van der Waals surface area contributed by atoms with Crippen molar-refractivity contribution in [3.63, 3.8) is 0 Å². The number of imidazole rings is 1. The third-order valence-electron chi connectivity index (χ3n) is 4.83. The Morgan fingerprint density at radius 1 is 1.18 bits per heavy atom. The first-order valence-electron chi connectivity index (χ1n) is 8.92. The lowest BCUT2D eigenvalue weighted by Gasteiger charge is -2.18. The van der Waals surface area contributed by atoms with Gasteiger partial charge in [-0.1, -0.05) is 36.8 Å². The van der Waals surface area contributed by atoms with E-state index in [4.69, 9.17) is 11.6 Å². The standard InChI is InChI=1S/C19H22ClN5O3/c1-5-13(12-8-6-11(2)7-9-12)21-14(26)10-25-15-16(22-18(25)20)23(3)19(28)24(4)17(15)27/h6-9,13H,5,10H2,1-4H3,(H,21,26)/t13-/m0/s1. The molecule has 0 aliphatic rings. The molecule has 0 unspecified atom stereocenters. The lowest BCUT2D eigenvalue weighted by Crippen LogP contribution is -2.38. The molecule has 0 radical (unpaired) electrons. The zero-order valence-corrected chi connectivity index (χ0v) is 16.9. The van der Waals surface area contributed by atoms with E-state index >= 15 is 0 Å². The topological polar surface area (TPSA) is 90.9 Å². The van der Waals surface area contributed by atoms with Crippen LogP contribution in [0.2, 0.25) is 5.28 Å². The number of nitrogens with zero attached hydrogens (tertiary/aromatic N) is 4. The van der Waals surface area contributed by atoms with Crippen molar-refractivity contribution in [1.29, 1.82) is 0 Å². The highest BCUT2D eigenvalue weighted by atomic mass is 35.5. The van der Waals surface area contributed by atoms with E-state index < -0.39 is 11.2 Å². The van der Waals surface area contributed by atoms with E-state index in [1.165, 1.54) is 23.2 Å². The smallest absolute Gasteiger partial charge is 0.332 e. The monoisotopic (exact) mass is 403 g/mol. The number of carbonyl (C=O) groups excluding carboxylic acids is 1. The highest BCUT2D eigenvalue weighted by molar-refractivity contribution is 6.29. The van der Waals surface area contributed by atoms with Gasteiger partial charge in [-0.2, -0.15) is 4.98 Å². The van der Waals surface area contributed by atoms with Crippen LogP contribution in [0, 0.1) is 6.92 Å². The molecule has 3 aromatic rings. The highest BCUT2D eigenvalue weighted by Crippen LogP contribution is 2.19. The van der Waals surface area contributed by atoms with Gasteiger partial charge in [0.1, 0.15) is 6.54 Å². The molecule has 0 bridgehead atoms. The Bertz CT molecular complexity index is 1160. The molecule has 2 aromatic heterocycles. The molecular weight excluding hydrogens is 382 g/mol. The number of benzene rings is 1. The SMILES string of the molecule is CC[C@H](NC(=O)Cn1c(Cl)nc2c1c(=O)n(C)c(=O)n2C)c1ccc(C)cc1. The third kappa shape index (κ3) is 3.47. The maximum absolute atomic E-state index is 12.7. The van der Waals surface area contributed by atoms with Crippen LogP contribution in [0.15, 0.2) is 33.9 Å². The Balaban J connectivity index is 1.93. The van der Waals surface area contributed by atoms with Gasteiger partial charge >= 0.3 is 5.69 Å². The molecule has 9 heteroatoms. The molecule has 1 aromatic carbocycles. The Labute approximate surface area is 166 Å². The van der Waals surface area contributed by atoms with Gasteiger partial charge in [0.25, 0.3) is 5.56 Å². The Hall–Kier alpha value is -2.87. The number of aryl methyl sites for hydroxylation is 2. The van der Waals surface area contributed by atoms with Gasteiger partial charge in [0.2, 0.25) is 11.2 Å². The van der Waals surface area contributed by atoms with Crippen molar-refractivity contribution in [1.82, 2.24) is 24.0 Å². The fourth-order valence-corrected chi connectivity index (χ4v) is 3.39. The van der Waals surface area contributed by atoms with E-state index in [1.807, 2.05) is 38.1 Å². The number of fused-ring (bicyclic) bond motifs is 1. The molecule has 1 atom stereocenters. The molecule has 2 heterocycles. The molecule has 1 amide bonds. The summed E-state index contributed by atoms with van der Waals surface area (Å²) >= 11 is 6.17. The summed E-state index contributed by atoms with van der Waals surface area (Å²) in [7, 11) is 2.88. The van der Waals surface area contributed by atoms with E-state index in [0.29, 0.717) is 6.42 Å². The summed E-state index contributed by atoms with van der Waals surface area (Å²) < 4.78 is 3.53. The van der Waals surface area contributed by atoms with Crippen molar-refractivity contribution in [2.24, 2.45) is 14.1 Å². The molecule has 0 aliphatic carbocycles. The molecule has 8 nitrogen and oxygen atoms in total. The van der Waals surface area contributed by atoms with Gasteiger partial charge in [-0.15, -0.1) is 0 Å². The summed E-state index contributed by atoms with van der Waals surface area (Å²) in [6.45, 7) is 3.81. The average molecular weight is 404 g/mol. The lowest BCUT2D eigenvalue weighted by atomic mass is 10.0. The molecule has 0 saturated heterocycles. The van der Waals surface area contributed by atoms with Crippen LogP contribution >= 0.6 is 11.6 Å². The maximum atomic E-state index is 12.7. The number of hydrogen-bond donors (Lipinski definition) is 1. The highest BCUT2D eigenvalue weighted by Gasteiger charge is 2.21. The van der Waals surface area contributed by atoms with Crippen molar-refractivity contribution in [2.75, 3.05) is 0 Å². The van der Waals surface area contributed by atoms with Gasteiger partial charge in [0.15, 0.2) is 11.2 Å². The number of amides is 1. The maximum Gasteiger partial charge on any atom is 0.332 e. The predicted molar refractivity (Wildman–Crippen MR) is 108 cm³/mol. The average Bonchev–Trinajstić information content (AvgIpc) is 3.00. The quantitative estimate of drug-likeness (QED) is 0.656. The fraction of sp³-hybridized carbons (Fsp3) is 0.368. The van der Waals surface area contributed by atoms with Gasteiger partial charge in [-0.3, -0.25) is 23.3 Å². The third-order valence-corrected chi connectivity index (χ3v) is 5.11. The van der Waals surface area contributed by atoms with E-state index in [-0.39, 0.29) is 34.9 Å². The fourth-order valence-electron chi connectivity index (χ4n) is 3.17. The molecule has 148 valence electrons. The largest absolute Gasteiger partial charge is 0.348 e. The van der Waals surface area contributed by atoms with Crippen LogP contribution in [0.25, 0.3) is 11.2 Å². The van der Waals surface area contributed by atoms with Gasteiger partial charge in [-0.05, 0) is 30.5 Å². The zero-order chi connectivity index (χ0) is 20.6. The molecule has 0 saturated carbocycles. The zero-order valence-electron chi connectivity index (χ0n) is 16.2. The minimum Gasteiger partial charge on any atom is -0.348 e. The second-order valence-electron chi connectivity index (χ2n) is 6.78. The molecule has 0 aliphatic heterocycles. The van der Waals surface area contributed by atoms with Crippen molar-refractivity contribution in [3.05, 3.63) is 61.5 Å². The Morgan fingerprint density at radius 2 is 1.82 bits per heavy atom. The molecule has 0 fully saturated rings. The summed E-state index contributed by atoms with van der Waals surface area (Å²) in [4.78, 5) is 41.4. The van der Waals surface area contributed by atoms with Crippen LogP contribution in [0.5, 0.6) is 0 Å². The van der Waals surface area contributed by atoms with Gasteiger partial charge in [0.05, 0.1) is 6.04 Å². The van der Waals surface area contributed by atoms with Crippen molar-refractivity contribution >= 4 is 28.7 Å². The van der Waals surface area contributed by atoms with Gasteiger partial charge in [-0.25, -0.2) is 4.79 Å². The summed E-state index contributed by atoms with van der Waals surface area (Å²) in [5.74, 6) is -0.301. The summed E-state index contributed by atoms with van der Waals surface area (Å²) in [6.07, 6.45) is 0.712. The predicted octanol–water partition coefficient (Wildman–Crippen LogP) is 1.66. The number of carbonyl (C=O) groups is 1. The van der Waals surface area contributed by atoms with Crippen molar-refractivity contribution in [3.8, 4) is 0 Å². The van der Waals surface area contributed by atoms with Gasteiger partial charge < -0.3 is 5.32 Å². The molecule has 3 rings (SSSR count). The minimum atomic E-state index is -0.545. The van der Waals surface area contributed by atoms with Crippen LogP contribution in [0.1, 0.15) is 30.5 Å². The number of aromatic nitrogens is 4. The molecule has 28 heavy (non-hydrogen) atoms. The summed E-state index contributed by atoms with van der Waals surface area (Å²) in [5, 5.41) is 2.95. The number of rotatable bonds is 5. The number of hydrogen-bond acceptors (Lipinski definition) is 4. The van der Waals surface area contributed by atoms with Crippen molar-refractivity contribution in [2.45, 2.75) is 32.9 Å².